The Balaban J connectivity index is 0.00000121. The molecule has 1 atom stereocenters. The molecule has 1 saturated carbocycles. The van der Waals surface area contributed by atoms with Gasteiger partial charge in [-0.25, -0.2) is 4.98 Å². The summed E-state index contributed by atoms with van der Waals surface area (Å²) in [4.78, 5) is 16.8. The van der Waals surface area contributed by atoms with Crippen molar-refractivity contribution < 1.29 is 4.79 Å². The van der Waals surface area contributed by atoms with Gasteiger partial charge in [0.2, 0.25) is 0 Å². The molecule has 1 aliphatic rings. The van der Waals surface area contributed by atoms with Gasteiger partial charge in [-0.15, -0.1) is 36.2 Å². The lowest BCUT2D eigenvalue weighted by molar-refractivity contribution is 0.0931. The number of benzene rings is 1. The van der Waals surface area contributed by atoms with Crippen LogP contribution in [-0.2, 0) is 0 Å². The van der Waals surface area contributed by atoms with E-state index < -0.39 is 0 Å². The van der Waals surface area contributed by atoms with Gasteiger partial charge in [0, 0.05) is 22.3 Å². The lowest BCUT2D eigenvalue weighted by atomic mass is 10.1. The van der Waals surface area contributed by atoms with E-state index in [-0.39, 0.29) is 36.8 Å². The third kappa shape index (κ3) is 4.35. The minimum Gasteiger partial charge on any atom is -0.399 e. The third-order valence-corrected chi connectivity index (χ3v) is 4.48. The predicted molar refractivity (Wildman–Crippen MR) is 95.1 cm³/mol. The summed E-state index contributed by atoms with van der Waals surface area (Å²) in [5.74, 6) is 0.438. The summed E-state index contributed by atoms with van der Waals surface area (Å²) in [6.45, 7) is 1.98. The second-order valence-electron chi connectivity index (χ2n) is 5.24. The second kappa shape index (κ2) is 7.81. The lowest BCUT2D eigenvalue weighted by Crippen LogP contribution is -2.29. The highest BCUT2D eigenvalue weighted by Gasteiger charge is 2.35. The molecule has 0 saturated heterocycles. The summed E-state index contributed by atoms with van der Waals surface area (Å²) >= 11 is 1.62. The number of amides is 1. The number of nitrogens with zero attached hydrogens (tertiary/aromatic N) is 1. The molecule has 1 amide bonds. The van der Waals surface area contributed by atoms with Crippen molar-refractivity contribution in [2.45, 2.75) is 25.8 Å². The first-order valence-electron chi connectivity index (χ1n) is 6.72. The van der Waals surface area contributed by atoms with Crippen LogP contribution >= 0.6 is 36.2 Å². The van der Waals surface area contributed by atoms with Gasteiger partial charge in [-0.1, -0.05) is 6.07 Å². The SMILES string of the molecule is Cc1csc(C(NC(=O)c2cccc(N)c2)C2CC2)n1.Cl.Cl. The monoisotopic (exact) mass is 359 g/mol. The van der Waals surface area contributed by atoms with Gasteiger partial charge in [0.05, 0.1) is 6.04 Å². The largest absolute Gasteiger partial charge is 0.399 e. The number of nitrogens with one attached hydrogen (secondary N) is 1. The summed E-state index contributed by atoms with van der Waals surface area (Å²) in [7, 11) is 0. The van der Waals surface area contributed by atoms with E-state index >= 15 is 0 Å². The molecule has 22 heavy (non-hydrogen) atoms. The molecule has 1 aromatic heterocycles. The van der Waals surface area contributed by atoms with Gasteiger partial charge >= 0.3 is 0 Å². The number of halogens is 2. The zero-order chi connectivity index (χ0) is 14.1. The average molecular weight is 360 g/mol. The Morgan fingerprint density at radius 1 is 1.41 bits per heavy atom. The summed E-state index contributed by atoms with van der Waals surface area (Å²) in [5.41, 5.74) is 7.94. The molecule has 120 valence electrons. The van der Waals surface area contributed by atoms with Gasteiger partial charge in [0.15, 0.2) is 0 Å². The van der Waals surface area contributed by atoms with E-state index in [1.165, 1.54) is 0 Å². The molecule has 7 heteroatoms. The van der Waals surface area contributed by atoms with Crippen LogP contribution in [0.3, 0.4) is 0 Å². The summed E-state index contributed by atoms with van der Waals surface area (Å²) in [6, 6.07) is 7.08. The number of hydrogen-bond donors (Lipinski definition) is 2. The molecule has 2 aromatic rings. The van der Waals surface area contributed by atoms with Crippen LogP contribution in [0.4, 0.5) is 5.69 Å². The van der Waals surface area contributed by atoms with E-state index in [4.69, 9.17) is 5.73 Å². The van der Waals surface area contributed by atoms with Gasteiger partial charge in [0.25, 0.3) is 5.91 Å². The molecule has 3 N–H and O–H groups in total. The van der Waals surface area contributed by atoms with Crippen LogP contribution in [0.1, 0.15) is 39.9 Å². The number of rotatable bonds is 4. The molecular weight excluding hydrogens is 341 g/mol. The van der Waals surface area contributed by atoms with Crippen molar-refractivity contribution in [1.29, 1.82) is 0 Å². The highest BCUT2D eigenvalue weighted by Crippen LogP contribution is 2.42. The van der Waals surface area contributed by atoms with Crippen molar-refractivity contribution >= 4 is 47.7 Å². The van der Waals surface area contributed by atoms with Crippen LogP contribution < -0.4 is 11.1 Å². The smallest absolute Gasteiger partial charge is 0.251 e. The first kappa shape index (κ1) is 18.7. The molecule has 0 bridgehead atoms. The van der Waals surface area contributed by atoms with Crippen molar-refractivity contribution in [1.82, 2.24) is 10.3 Å². The fourth-order valence-electron chi connectivity index (χ4n) is 2.23. The zero-order valence-electron chi connectivity index (χ0n) is 12.1. The average Bonchev–Trinajstić information content (AvgIpc) is 3.18. The molecule has 1 heterocycles. The fourth-order valence-corrected chi connectivity index (χ4v) is 3.17. The zero-order valence-corrected chi connectivity index (χ0v) is 14.6. The minimum atomic E-state index is -0.0814. The number of anilines is 1. The van der Waals surface area contributed by atoms with Gasteiger partial charge < -0.3 is 11.1 Å². The number of nitrogens with two attached hydrogens (primary N) is 1. The highest BCUT2D eigenvalue weighted by atomic mass is 35.5. The maximum absolute atomic E-state index is 12.3. The van der Waals surface area contributed by atoms with Gasteiger partial charge in [-0.05, 0) is 43.9 Å². The molecule has 1 aromatic carbocycles. The van der Waals surface area contributed by atoms with Crippen molar-refractivity contribution in [3.63, 3.8) is 0 Å². The number of hydrogen-bond acceptors (Lipinski definition) is 4. The Morgan fingerprint density at radius 3 is 2.68 bits per heavy atom. The van der Waals surface area contributed by atoms with E-state index in [1.54, 1.807) is 35.6 Å². The van der Waals surface area contributed by atoms with Crippen LogP contribution in [0.5, 0.6) is 0 Å². The quantitative estimate of drug-likeness (QED) is 0.816. The topological polar surface area (TPSA) is 68.0 Å². The molecule has 1 aliphatic carbocycles. The molecule has 1 unspecified atom stereocenters. The van der Waals surface area contributed by atoms with Crippen molar-refractivity contribution in [2.24, 2.45) is 5.92 Å². The second-order valence-corrected chi connectivity index (χ2v) is 6.13. The van der Waals surface area contributed by atoms with Crippen LogP contribution in [-0.4, -0.2) is 10.9 Å². The molecule has 4 nitrogen and oxygen atoms in total. The Kier molecular flexibility index (Phi) is 6.66. The number of aromatic nitrogens is 1. The van der Waals surface area contributed by atoms with Gasteiger partial charge in [-0.3, -0.25) is 4.79 Å². The Morgan fingerprint density at radius 2 is 2.14 bits per heavy atom. The van der Waals surface area contributed by atoms with Gasteiger partial charge in [-0.2, -0.15) is 0 Å². The van der Waals surface area contributed by atoms with Crippen LogP contribution in [0.2, 0.25) is 0 Å². The van der Waals surface area contributed by atoms with Crippen molar-refractivity contribution in [2.75, 3.05) is 5.73 Å². The molecule has 0 spiro atoms. The van der Waals surface area contributed by atoms with Crippen molar-refractivity contribution in [3.8, 4) is 0 Å². The molecular formula is C15H19Cl2N3OS. The van der Waals surface area contributed by atoms with Gasteiger partial charge in [0.1, 0.15) is 5.01 Å². The number of aryl methyl sites for hydroxylation is 1. The maximum atomic E-state index is 12.3. The predicted octanol–water partition coefficient (Wildman–Crippen LogP) is 3.76. The molecule has 0 radical (unpaired) electrons. The van der Waals surface area contributed by atoms with Crippen LogP contribution in [0, 0.1) is 12.8 Å². The van der Waals surface area contributed by atoms with E-state index in [0.29, 0.717) is 17.2 Å². The summed E-state index contributed by atoms with van der Waals surface area (Å²) in [6.07, 6.45) is 2.31. The van der Waals surface area contributed by atoms with E-state index in [2.05, 4.69) is 10.3 Å². The maximum Gasteiger partial charge on any atom is 0.251 e. The van der Waals surface area contributed by atoms with Crippen LogP contribution in [0.15, 0.2) is 29.6 Å². The Labute approximate surface area is 146 Å². The molecule has 0 aliphatic heterocycles. The standard InChI is InChI=1S/C15H17N3OS.2ClH/c1-9-8-20-15(17-9)13(10-5-6-10)18-14(19)11-3-2-4-12(16)7-11;;/h2-4,7-8,10,13H,5-6,16H2,1H3,(H,18,19);2*1H. The summed E-state index contributed by atoms with van der Waals surface area (Å²) in [5, 5.41) is 6.13. The fraction of sp³-hybridized carbons (Fsp3) is 0.333. The Bertz CT molecular complexity index is 643. The molecule has 3 rings (SSSR count). The molecule has 1 fully saturated rings. The van der Waals surface area contributed by atoms with Crippen LogP contribution in [0.25, 0.3) is 0 Å². The normalized spacial score (nSPS) is 14.4. The highest BCUT2D eigenvalue weighted by molar-refractivity contribution is 7.09. The number of carbonyl (C=O) groups excluding carboxylic acids is 1. The number of thiazole rings is 1. The first-order chi connectivity index (χ1) is 9.63. The lowest BCUT2D eigenvalue weighted by Gasteiger charge is -2.16. The number of nitrogen functional groups attached to an aromatic ring is 1. The first-order valence-corrected chi connectivity index (χ1v) is 7.60. The van der Waals surface area contributed by atoms with E-state index in [0.717, 1.165) is 23.5 Å². The number of carbonyl (C=O) groups is 1. The minimum absolute atomic E-state index is 0. The van der Waals surface area contributed by atoms with E-state index in [9.17, 15) is 4.79 Å². The third-order valence-electron chi connectivity index (χ3n) is 3.43. The van der Waals surface area contributed by atoms with E-state index in [1.807, 2.05) is 12.3 Å². The Hall–Kier alpha value is -1.30. The summed E-state index contributed by atoms with van der Waals surface area (Å²) < 4.78 is 0. The van der Waals surface area contributed by atoms with Crippen molar-refractivity contribution in [3.05, 3.63) is 45.9 Å².